The molecule has 2 atom stereocenters. The quantitative estimate of drug-likeness (QED) is 0.542. The molecule has 0 bridgehead atoms. The Morgan fingerprint density at radius 1 is 1.16 bits per heavy atom. The number of carbonyl (C=O) groups is 2. The Morgan fingerprint density at radius 3 is 2.55 bits per heavy atom. The molecule has 2 aromatic rings. The normalized spacial score (nSPS) is 15.8. The smallest absolute Gasteiger partial charge is 0.243 e. The number of likely N-dealkylation sites (tertiary alicyclic amines) is 1. The van der Waals surface area contributed by atoms with Crippen molar-refractivity contribution in [1.29, 1.82) is 0 Å². The van der Waals surface area contributed by atoms with E-state index in [4.69, 9.17) is 0 Å². The van der Waals surface area contributed by atoms with Crippen molar-refractivity contribution in [2.24, 2.45) is 5.92 Å². The minimum absolute atomic E-state index is 0.0977. The molecule has 0 radical (unpaired) electrons. The zero-order valence-electron chi connectivity index (χ0n) is 18.9. The number of H-pyrrole nitrogens is 1. The van der Waals surface area contributed by atoms with E-state index in [9.17, 15) is 9.59 Å². The molecule has 1 saturated heterocycles. The predicted molar refractivity (Wildman–Crippen MR) is 123 cm³/mol. The number of rotatable bonds is 10. The van der Waals surface area contributed by atoms with Crippen molar-refractivity contribution in [1.82, 2.24) is 25.5 Å². The topological polar surface area (TPSA) is 90.1 Å². The molecule has 31 heavy (non-hydrogen) atoms. The van der Waals surface area contributed by atoms with Crippen LogP contribution >= 0.6 is 0 Å². The monoisotopic (exact) mass is 425 g/mol. The number of carbonyl (C=O) groups excluding carboxylic acids is 2. The number of hydrogen-bond acceptors (Lipinski definition) is 4. The first-order valence-electron chi connectivity index (χ1n) is 11.3. The molecular weight excluding hydrogens is 390 g/mol. The number of fused-ring (bicyclic) bond motifs is 1. The zero-order valence-corrected chi connectivity index (χ0v) is 18.9. The van der Waals surface area contributed by atoms with Gasteiger partial charge in [0.1, 0.15) is 11.9 Å². The van der Waals surface area contributed by atoms with Crippen LogP contribution < -0.4 is 10.6 Å². The fourth-order valence-corrected chi connectivity index (χ4v) is 3.85. The standard InChI is InChI=1S/C24H35N5O2/c1-16(2)11-12-22(30)26-21(15-17(3)29-13-7-8-14-29)24(31)25-18(4)23-27-19-9-5-6-10-20(19)28-23/h5-6,9-10,16,18,21H,3,7-8,11-15H2,1-2,4H3,(H,25,31)(H,26,30)(H,27,28)/t18?,21-/m0/s1. The van der Waals surface area contributed by atoms with E-state index in [1.54, 1.807) is 0 Å². The Morgan fingerprint density at radius 2 is 1.87 bits per heavy atom. The van der Waals surface area contributed by atoms with Crippen LogP contribution in [0.15, 0.2) is 36.5 Å². The first-order chi connectivity index (χ1) is 14.8. The van der Waals surface area contributed by atoms with E-state index in [1.165, 1.54) is 0 Å². The second-order valence-electron chi connectivity index (χ2n) is 8.89. The molecule has 2 heterocycles. The maximum absolute atomic E-state index is 13.1. The Labute approximate surface area is 184 Å². The molecular formula is C24H35N5O2. The lowest BCUT2D eigenvalue weighted by Gasteiger charge is -2.26. The van der Waals surface area contributed by atoms with E-state index < -0.39 is 6.04 Å². The molecule has 0 aliphatic carbocycles. The largest absolute Gasteiger partial charge is 0.375 e. The van der Waals surface area contributed by atoms with Crippen molar-refractivity contribution in [3.05, 3.63) is 42.4 Å². The summed E-state index contributed by atoms with van der Waals surface area (Å²) in [5.41, 5.74) is 2.69. The van der Waals surface area contributed by atoms with Crippen LogP contribution in [0.3, 0.4) is 0 Å². The third-order valence-corrected chi connectivity index (χ3v) is 5.77. The van der Waals surface area contributed by atoms with E-state index in [1.807, 2.05) is 31.2 Å². The fourth-order valence-electron chi connectivity index (χ4n) is 3.85. The summed E-state index contributed by atoms with van der Waals surface area (Å²) in [6, 6.07) is 6.80. The van der Waals surface area contributed by atoms with E-state index >= 15 is 0 Å². The molecule has 1 fully saturated rings. The van der Waals surface area contributed by atoms with Crippen LogP contribution in [0.2, 0.25) is 0 Å². The molecule has 3 rings (SSSR count). The summed E-state index contributed by atoms with van der Waals surface area (Å²) in [6.07, 6.45) is 3.89. The van der Waals surface area contributed by atoms with Gasteiger partial charge in [0.2, 0.25) is 11.8 Å². The molecule has 0 spiro atoms. The van der Waals surface area contributed by atoms with Gasteiger partial charge >= 0.3 is 0 Å². The van der Waals surface area contributed by atoms with Gasteiger partial charge in [0.15, 0.2) is 0 Å². The van der Waals surface area contributed by atoms with Gasteiger partial charge in [-0.1, -0.05) is 32.6 Å². The van der Waals surface area contributed by atoms with Crippen LogP contribution in [0, 0.1) is 5.92 Å². The number of nitrogens with one attached hydrogen (secondary N) is 3. The molecule has 1 unspecified atom stereocenters. The van der Waals surface area contributed by atoms with Gasteiger partial charge in [-0.25, -0.2) is 4.98 Å². The molecule has 7 heteroatoms. The lowest BCUT2D eigenvalue weighted by molar-refractivity contribution is -0.129. The van der Waals surface area contributed by atoms with Gasteiger partial charge in [-0.15, -0.1) is 0 Å². The van der Waals surface area contributed by atoms with Crippen LogP contribution in [-0.4, -0.2) is 45.8 Å². The van der Waals surface area contributed by atoms with E-state index in [-0.39, 0.29) is 17.9 Å². The van der Waals surface area contributed by atoms with Crippen molar-refractivity contribution in [2.75, 3.05) is 13.1 Å². The summed E-state index contributed by atoms with van der Waals surface area (Å²) < 4.78 is 0. The Bertz CT molecular complexity index is 881. The number of nitrogens with zero attached hydrogens (tertiary/aromatic N) is 2. The Balaban J connectivity index is 1.67. The van der Waals surface area contributed by atoms with Crippen molar-refractivity contribution >= 4 is 22.8 Å². The second-order valence-corrected chi connectivity index (χ2v) is 8.89. The minimum atomic E-state index is -0.653. The van der Waals surface area contributed by atoms with Crippen molar-refractivity contribution < 1.29 is 9.59 Å². The number of aromatic nitrogens is 2. The van der Waals surface area contributed by atoms with Gasteiger partial charge in [-0.05, 0) is 44.2 Å². The molecule has 2 amide bonds. The average molecular weight is 426 g/mol. The van der Waals surface area contributed by atoms with Gasteiger partial charge in [0.25, 0.3) is 0 Å². The summed E-state index contributed by atoms with van der Waals surface area (Å²) in [5, 5.41) is 5.96. The predicted octanol–water partition coefficient (Wildman–Crippen LogP) is 3.66. The van der Waals surface area contributed by atoms with E-state index in [0.717, 1.165) is 49.1 Å². The van der Waals surface area contributed by atoms with Crippen LogP contribution in [0.5, 0.6) is 0 Å². The number of aromatic amines is 1. The number of benzene rings is 1. The van der Waals surface area contributed by atoms with Gasteiger partial charge in [-0.2, -0.15) is 0 Å². The van der Waals surface area contributed by atoms with E-state index in [0.29, 0.717) is 24.6 Å². The summed E-state index contributed by atoms with van der Waals surface area (Å²) in [6.45, 7) is 12.2. The summed E-state index contributed by atoms with van der Waals surface area (Å²) in [4.78, 5) is 35.7. The summed E-state index contributed by atoms with van der Waals surface area (Å²) in [5.74, 6) is 0.814. The zero-order chi connectivity index (χ0) is 22.4. The molecule has 168 valence electrons. The molecule has 1 aromatic heterocycles. The maximum atomic E-state index is 13.1. The van der Waals surface area contributed by atoms with Gasteiger partial charge in [0, 0.05) is 31.6 Å². The minimum Gasteiger partial charge on any atom is -0.375 e. The summed E-state index contributed by atoms with van der Waals surface area (Å²) in [7, 11) is 0. The van der Waals surface area contributed by atoms with Crippen LogP contribution in [0.1, 0.15) is 64.7 Å². The first kappa shape index (κ1) is 22.8. The number of amides is 2. The number of hydrogen-bond donors (Lipinski definition) is 3. The lowest BCUT2D eigenvalue weighted by Crippen LogP contribution is -2.48. The highest BCUT2D eigenvalue weighted by Crippen LogP contribution is 2.19. The Hall–Kier alpha value is -2.83. The van der Waals surface area contributed by atoms with Gasteiger partial charge < -0.3 is 20.5 Å². The third-order valence-electron chi connectivity index (χ3n) is 5.77. The highest BCUT2D eigenvalue weighted by Gasteiger charge is 2.26. The maximum Gasteiger partial charge on any atom is 0.243 e. The first-order valence-corrected chi connectivity index (χ1v) is 11.3. The van der Waals surface area contributed by atoms with Crippen molar-refractivity contribution in [3.63, 3.8) is 0 Å². The highest BCUT2D eigenvalue weighted by atomic mass is 16.2. The molecule has 1 aliphatic rings. The third kappa shape index (κ3) is 6.32. The van der Waals surface area contributed by atoms with Crippen molar-refractivity contribution in [3.8, 4) is 0 Å². The van der Waals surface area contributed by atoms with Crippen LogP contribution in [-0.2, 0) is 9.59 Å². The SMILES string of the molecule is C=C(C[C@H](NC(=O)CCC(C)C)C(=O)NC(C)c1nc2ccccc2[nH]1)N1CCCC1. The highest BCUT2D eigenvalue weighted by molar-refractivity contribution is 5.88. The molecule has 1 aliphatic heterocycles. The average Bonchev–Trinajstić information content (AvgIpc) is 3.41. The number of para-hydroxylation sites is 2. The van der Waals surface area contributed by atoms with Crippen LogP contribution in [0.4, 0.5) is 0 Å². The molecule has 3 N–H and O–H groups in total. The van der Waals surface area contributed by atoms with Gasteiger partial charge in [-0.3, -0.25) is 9.59 Å². The van der Waals surface area contributed by atoms with Gasteiger partial charge in [0.05, 0.1) is 17.1 Å². The second kappa shape index (κ2) is 10.5. The molecule has 1 aromatic carbocycles. The lowest BCUT2D eigenvalue weighted by atomic mass is 10.1. The fraction of sp³-hybridized carbons (Fsp3) is 0.542. The van der Waals surface area contributed by atoms with E-state index in [2.05, 4.69) is 45.9 Å². The number of imidazole rings is 1. The molecule has 0 saturated carbocycles. The van der Waals surface area contributed by atoms with Crippen molar-refractivity contribution in [2.45, 2.75) is 65.0 Å². The molecule has 7 nitrogen and oxygen atoms in total. The van der Waals surface area contributed by atoms with Crippen LogP contribution in [0.25, 0.3) is 11.0 Å². The summed E-state index contributed by atoms with van der Waals surface area (Å²) >= 11 is 0. The Kier molecular flexibility index (Phi) is 7.71.